The van der Waals surface area contributed by atoms with Crippen LogP contribution in [-0.4, -0.2) is 40.8 Å². The molecule has 1 aromatic heterocycles. The molecule has 1 saturated heterocycles. The van der Waals surface area contributed by atoms with Crippen molar-refractivity contribution in [3.63, 3.8) is 0 Å². The maximum Gasteiger partial charge on any atom is 0.258 e. The number of nitrogens with one attached hydrogen (secondary N) is 1. The average Bonchev–Trinajstić information content (AvgIpc) is 2.63. The van der Waals surface area contributed by atoms with Crippen LogP contribution in [-0.2, 0) is 0 Å². The van der Waals surface area contributed by atoms with E-state index >= 15 is 0 Å². The molecular weight excluding hydrogens is 345 g/mol. The van der Waals surface area contributed by atoms with Gasteiger partial charge < -0.3 is 10.2 Å². The SMILES string of the molecule is O=C(NC1CCN(C(=O)c2c(F)cccc2Cl)CC1)c1cccnc1. The number of amides is 2. The van der Waals surface area contributed by atoms with Crippen molar-refractivity contribution < 1.29 is 14.0 Å². The van der Waals surface area contributed by atoms with E-state index < -0.39 is 11.7 Å². The van der Waals surface area contributed by atoms with Gasteiger partial charge in [0.05, 0.1) is 16.1 Å². The molecule has 0 unspecified atom stereocenters. The van der Waals surface area contributed by atoms with Crippen LogP contribution in [0.4, 0.5) is 4.39 Å². The van der Waals surface area contributed by atoms with Crippen LogP contribution in [0.15, 0.2) is 42.7 Å². The Labute approximate surface area is 149 Å². The van der Waals surface area contributed by atoms with Crippen molar-refractivity contribution >= 4 is 23.4 Å². The zero-order valence-corrected chi connectivity index (χ0v) is 14.2. The summed E-state index contributed by atoms with van der Waals surface area (Å²) < 4.78 is 13.9. The highest BCUT2D eigenvalue weighted by Gasteiger charge is 2.27. The molecule has 3 rings (SSSR count). The Kier molecular flexibility index (Phi) is 5.28. The van der Waals surface area contributed by atoms with Crippen LogP contribution in [0, 0.1) is 5.82 Å². The van der Waals surface area contributed by atoms with Crippen LogP contribution >= 0.6 is 11.6 Å². The smallest absolute Gasteiger partial charge is 0.258 e. The quantitative estimate of drug-likeness (QED) is 0.914. The molecule has 0 radical (unpaired) electrons. The van der Waals surface area contributed by atoms with E-state index in [1.54, 1.807) is 23.2 Å². The lowest BCUT2D eigenvalue weighted by molar-refractivity contribution is 0.0694. The minimum Gasteiger partial charge on any atom is -0.349 e. The Balaban J connectivity index is 1.59. The first-order valence-corrected chi connectivity index (χ1v) is 8.38. The maximum absolute atomic E-state index is 13.9. The van der Waals surface area contributed by atoms with Crippen molar-refractivity contribution in [1.29, 1.82) is 0 Å². The van der Waals surface area contributed by atoms with E-state index in [0.717, 1.165) is 0 Å². The fraction of sp³-hybridized carbons (Fsp3) is 0.278. The lowest BCUT2D eigenvalue weighted by atomic mass is 10.0. The summed E-state index contributed by atoms with van der Waals surface area (Å²) in [5.41, 5.74) is 0.404. The number of halogens is 2. The van der Waals surface area contributed by atoms with Crippen LogP contribution in [0.3, 0.4) is 0 Å². The highest BCUT2D eigenvalue weighted by Crippen LogP contribution is 2.22. The third-order valence-corrected chi connectivity index (χ3v) is 4.53. The lowest BCUT2D eigenvalue weighted by Crippen LogP contribution is -2.46. The molecule has 1 aliphatic rings. The second-order valence-corrected chi connectivity index (χ2v) is 6.29. The van der Waals surface area contributed by atoms with Gasteiger partial charge in [-0.2, -0.15) is 0 Å². The Bertz CT molecular complexity index is 757. The molecule has 0 aliphatic carbocycles. The molecule has 0 saturated carbocycles. The molecule has 130 valence electrons. The maximum atomic E-state index is 13.9. The van der Waals surface area contributed by atoms with Gasteiger partial charge in [-0.1, -0.05) is 17.7 Å². The van der Waals surface area contributed by atoms with Crippen molar-refractivity contribution in [1.82, 2.24) is 15.2 Å². The minimum atomic E-state index is -0.621. The molecule has 1 aliphatic heterocycles. The van der Waals surface area contributed by atoms with Gasteiger partial charge in [-0.05, 0) is 37.1 Å². The van der Waals surface area contributed by atoms with E-state index in [1.165, 1.54) is 24.4 Å². The first-order chi connectivity index (χ1) is 12.1. The van der Waals surface area contributed by atoms with Gasteiger partial charge in [-0.25, -0.2) is 4.39 Å². The van der Waals surface area contributed by atoms with Gasteiger partial charge in [-0.3, -0.25) is 14.6 Å². The number of rotatable bonds is 3. The molecule has 5 nitrogen and oxygen atoms in total. The van der Waals surface area contributed by atoms with Gasteiger partial charge in [-0.15, -0.1) is 0 Å². The number of benzene rings is 1. The van der Waals surface area contributed by atoms with Crippen LogP contribution in [0.25, 0.3) is 0 Å². The predicted molar refractivity (Wildman–Crippen MR) is 92.0 cm³/mol. The summed E-state index contributed by atoms with van der Waals surface area (Å²) >= 11 is 5.96. The van der Waals surface area contributed by atoms with Crippen molar-refractivity contribution in [3.8, 4) is 0 Å². The Hall–Kier alpha value is -2.47. The first kappa shape index (κ1) is 17.4. The molecule has 0 spiro atoms. The van der Waals surface area contributed by atoms with Crippen molar-refractivity contribution in [2.45, 2.75) is 18.9 Å². The molecule has 25 heavy (non-hydrogen) atoms. The van der Waals surface area contributed by atoms with Crippen molar-refractivity contribution in [2.24, 2.45) is 0 Å². The molecule has 1 N–H and O–H groups in total. The van der Waals surface area contributed by atoms with Crippen molar-refractivity contribution in [2.75, 3.05) is 13.1 Å². The minimum absolute atomic E-state index is 0.0344. The summed E-state index contributed by atoms with van der Waals surface area (Å²) in [6, 6.07) is 7.55. The third-order valence-electron chi connectivity index (χ3n) is 4.22. The standard InChI is InChI=1S/C18H17ClFN3O2/c19-14-4-1-5-15(20)16(14)18(25)23-9-6-13(7-10-23)22-17(24)12-3-2-8-21-11-12/h1-5,8,11,13H,6-7,9-10H2,(H,22,24). The van der Waals surface area contributed by atoms with E-state index in [1.807, 2.05) is 0 Å². The summed E-state index contributed by atoms with van der Waals surface area (Å²) in [6.07, 6.45) is 4.32. The van der Waals surface area contributed by atoms with E-state index in [2.05, 4.69) is 10.3 Å². The van der Waals surface area contributed by atoms with Crippen molar-refractivity contribution in [3.05, 3.63) is 64.7 Å². The average molecular weight is 362 g/mol. The fourth-order valence-corrected chi connectivity index (χ4v) is 3.10. The predicted octanol–water partition coefficient (Wildman–Crippen LogP) is 2.91. The number of aromatic nitrogens is 1. The summed E-state index contributed by atoms with van der Waals surface area (Å²) in [4.78, 5) is 30.1. The fourth-order valence-electron chi connectivity index (χ4n) is 2.85. The highest BCUT2D eigenvalue weighted by atomic mass is 35.5. The van der Waals surface area contributed by atoms with Gasteiger partial charge >= 0.3 is 0 Å². The number of piperidine rings is 1. The highest BCUT2D eigenvalue weighted by molar-refractivity contribution is 6.33. The third kappa shape index (κ3) is 3.96. The first-order valence-electron chi connectivity index (χ1n) is 8.00. The van der Waals surface area contributed by atoms with Crippen LogP contribution < -0.4 is 5.32 Å². The molecule has 7 heteroatoms. The molecule has 2 aromatic rings. The van der Waals surface area contributed by atoms with Gasteiger partial charge in [0.15, 0.2) is 0 Å². The number of hydrogen-bond donors (Lipinski definition) is 1. The molecule has 1 aromatic carbocycles. The number of carbonyl (C=O) groups excluding carboxylic acids is 2. The summed E-state index contributed by atoms with van der Waals surface area (Å²) in [5.74, 6) is -1.22. The Morgan fingerprint density at radius 2 is 1.96 bits per heavy atom. The van der Waals surface area contributed by atoms with Gasteiger partial charge in [0.1, 0.15) is 5.82 Å². The van der Waals surface area contributed by atoms with Crippen LogP contribution in [0.1, 0.15) is 33.6 Å². The topological polar surface area (TPSA) is 62.3 Å². The molecular formula is C18H17ClFN3O2. The lowest BCUT2D eigenvalue weighted by Gasteiger charge is -2.32. The van der Waals surface area contributed by atoms with E-state index in [9.17, 15) is 14.0 Å². The Morgan fingerprint density at radius 3 is 2.60 bits per heavy atom. The number of nitrogens with zero attached hydrogens (tertiary/aromatic N) is 2. The second kappa shape index (κ2) is 7.61. The van der Waals surface area contributed by atoms with Crippen LogP contribution in [0.5, 0.6) is 0 Å². The number of pyridine rings is 1. The second-order valence-electron chi connectivity index (χ2n) is 5.88. The number of hydrogen-bond acceptors (Lipinski definition) is 3. The van der Waals surface area contributed by atoms with Crippen LogP contribution in [0.2, 0.25) is 5.02 Å². The largest absolute Gasteiger partial charge is 0.349 e. The number of carbonyl (C=O) groups is 2. The molecule has 0 atom stereocenters. The van der Waals surface area contributed by atoms with E-state index in [-0.39, 0.29) is 22.5 Å². The summed E-state index contributed by atoms with van der Waals surface area (Å²) in [5, 5.41) is 3.05. The van der Waals surface area contributed by atoms with E-state index in [0.29, 0.717) is 31.5 Å². The Morgan fingerprint density at radius 1 is 1.20 bits per heavy atom. The molecule has 2 heterocycles. The molecule has 2 amide bonds. The molecule has 1 fully saturated rings. The normalized spacial score (nSPS) is 15.0. The van der Waals surface area contributed by atoms with Gasteiger partial charge in [0.25, 0.3) is 11.8 Å². The molecule has 0 bridgehead atoms. The summed E-state index contributed by atoms with van der Waals surface area (Å²) in [6.45, 7) is 0.864. The summed E-state index contributed by atoms with van der Waals surface area (Å²) in [7, 11) is 0. The number of likely N-dealkylation sites (tertiary alicyclic amines) is 1. The zero-order chi connectivity index (χ0) is 17.8. The zero-order valence-electron chi connectivity index (χ0n) is 13.4. The van der Waals surface area contributed by atoms with Gasteiger partial charge in [0.2, 0.25) is 0 Å². The van der Waals surface area contributed by atoms with Gasteiger partial charge in [0, 0.05) is 31.5 Å². The van der Waals surface area contributed by atoms with E-state index in [4.69, 9.17) is 11.6 Å². The monoisotopic (exact) mass is 361 g/mol.